The Morgan fingerprint density at radius 1 is 1.19 bits per heavy atom. The van der Waals surface area contributed by atoms with Crippen LogP contribution in [0.25, 0.3) is 0 Å². The lowest BCUT2D eigenvalue weighted by Gasteiger charge is -2.39. The molecule has 2 aliphatic rings. The monoisotopic (exact) mass is 365 g/mol. The number of aromatic nitrogens is 2. The molecule has 1 saturated carbocycles. The maximum absolute atomic E-state index is 6.57. The van der Waals surface area contributed by atoms with Crippen LogP contribution in [0.4, 0.5) is 23.0 Å². The van der Waals surface area contributed by atoms with Gasteiger partial charge < -0.3 is 16.0 Å². The van der Waals surface area contributed by atoms with Crippen LogP contribution >= 0.6 is 0 Å². The van der Waals surface area contributed by atoms with E-state index in [0.29, 0.717) is 28.4 Å². The van der Waals surface area contributed by atoms with E-state index >= 15 is 0 Å². The number of rotatable bonds is 4. The zero-order valence-electron chi connectivity index (χ0n) is 16.9. The maximum Gasteiger partial charge on any atom is 0.159 e. The fourth-order valence-corrected chi connectivity index (χ4v) is 5.50. The molecule has 2 atom stereocenters. The zero-order valence-corrected chi connectivity index (χ0v) is 16.9. The molecular formula is C22H31N5. The summed E-state index contributed by atoms with van der Waals surface area (Å²) in [6.45, 7) is 10.4. The first-order chi connectivity index (χ1) is 12.8. The minimum Gasteiger partial charge on any atom is -0.393 e. The molecule has 2 bridgehead atoms. The standard InChI is InChI=1S/C22H31N5/c1-5-15-8-6-7-9-17(15)26-19-18(23)20(25-14-24-19)27-13-22(4)11-16(27)10-21(2,3)12-22/h6-9,14,16H,5,10-13,23H2,1-4H3,(H,24,25,26). The second-order valence-corrected chi connectivity index (χ2v) is 9.44. The highest BCUT2D eigenvalue weighted by Crippen LogP contribution is 2.54. The molecule has 0 amide bonds. The van der Waals surface area contributed by atoms with Crippen LogP contribution in [0.2, 0.25) is 0 Å². The second-order valence-electron chi connectivity index (χ2n) is 9.44. The van der Waals surface area contributed by atoms with Gasteiger partial charge in [-0.1, -0.05) is 45.9 Å². The largest absolute Gasteiger partial charge is 0.393 e. The van der Waals surface area contributed by atoms with Gasteiger partial charge in [-0.25, -0.2) is 9.97 Å². The Kier molecular flexibility index (Phi) is 4.28. The second kappa shape index (κ2) is 6.39. The summed E-state index contributed by atoms with van der Waals surface area (Å²) in [4.78, 5) is 11.5. The van der Waals surface area contributed by atoms with Crippen molar-refractivity contribution in [1.29, 1.82) is 0 Å². The molecule has 2 unspecified atom stereocenters. The summed E-state index contributed by atoms with van der Waals surface area (Å²) in [6, 6.07) is 8.81. The van der Waals surface area contributed by atoms with Gasteiger partial charge in [0.2, 0.25) is 0 Å². The van der Waals surface area contributed by atoms with Gasteiger partial charge in [-0.2, -0.15) is 0 Å². The molecule has 27 heavy (non-hydrogen) atoms. The van der Waals surface area contributed by atoms with Crippen molar-refractivity contribution in [2.24, 2.45) is 10.8 Å². The number of para-hydroxylation sites is 1. The topological polar surface area (TPSA) is 67.1 Å². The quantitative estimate of drug-likeness (QED) is 0.817. The van der Waals surface area contributed by atoms with Crippen LogP contribution in [0.3, 0.4) is 0 Å². The van der Waals surface area contributed by atoms with Crippen LogP contribution in [-0.2, 0) is 6.42 Å². The van der Waals surface area contributed by atoms with Gasteiger partial charge in [0.15, 0.2) is 11.6 Å². The van der Waals surface area contributed by atoms with E-state index in [1.165, 1.54) is 24.8 Å². The number of nitrogen functional groups attached to an aromatic ring is 1. The zero-order chi connectivity index (χ0) is 19.2. The molecule has 1 aromatic heterocycles. The van der Waals surface area contributed by atoms with Crippen molar-refractivity contribution >= 4 is 23.0 Å². The fourth-order valence-electron chi connectivity index (χ4n) is 5.50. The SMILES string of the molecule is CCc1ccccc1Nc1ncnc(N2CC3(C)CC2CC(C)(C)C3)c1N. The summed E-state index contributed by atoms with van der Waals surface area (Å²) in [7, 11) is 0. The molecule has 2 heterocycles. The average molecular weight is 366 g/mol. The Balaban J connectivity index is 1.65. The van der Waals surface area contributed by atoms with Gasteiger partial charge in [-0.15, -0.1) is 0 Å². The van der Waals surface area contributed by atoms with Crippen LogP contribution in [0.5, 0.6) is 0 Å². The third kappa shape index (κ3) is 3.35. The lowest BCUT2D eigenvalue weighted by atomic mass is 9.65. The molecule has 144 valence electrons. The van der Waals surface area contributed by atoms with Gasteiger partial charge in [0, 0.05) is 18.3 Å². The molecule has 0 spiro atoms. The number of nitrogens with zero attached hydrogens (tertiary/aromatic N) is 3. The number of fused-ring (bicyclic) bond motifs is 2. The minimum atomic E-state index is 0.339. The van der Waals surface area contributed by atoms with Crippen LogP contribution in [-0.4, -0.2) is 22.6 Å². The lowest BCUT2D eigenvalue weighted by Crippen LogP contribution is -2.35. The molecule has 3 N–H and O–H groups in total. The number of benzene rings is 1. The van der Waals surface area contributed by atoms with E-state index in [1.807, 2.05) is 6.07 Å². The molecule has 2 fully saturated rings. The number of hydrogen-bond donors (Lipinski definition) is 2. The predicted octanol–water partition coefficient (Wildman–Crippen LogP) is 4.77. The molecule has 4 rings (SSSR count). The lowest BCUT2D eigenvalue weighted by molar-refractivity contribution is 0.136. The predicted molar refractivity (Wildman–Crippen MR) is 112 cm³/mol. The van der Waals surface area contributed by atoms with E-state index in [2.05, 4.69) is 66.1 Å². The Morgan fingerprint density at radius 2 is 1.96 bits per heavy atom. The molecule has 1 saturated heterocycles. The molecule has 2 aromatic rings. The van der Waals surface area contributed by atoms with Gasteiger partial charge in [0.1, 0.15) is 12.0 Å². The van der Waals surface area contributed by atoms with Gasteiger partial charge in [0.05, 0.1) is 0 Å². The Bertz CT molecular complexity index is 846. The smallest absolute Gasteiger partial charge is 0.159 e. The van der Waals surface area contributed by atoms with Crippen molar-refractivity contribution in [1.82, 2.24) is 9.97 Å². The highest BCUT2D eigenvalue weighted by Gasteiger charge is 2.50. The van der Waals surface area contributed by atoms with E-state index in [0.717, 1.165) is 24.5 Å². The summed E-state index contributed by atoms with van der Waals surface area (Å²) in [6.07, 6.45) is 6.27. The number of nitrogens with one attached hydrogen (secondary N) is 1. The van der Waals surface area contributed by atoms with Gasteiger partial charge in [-0.05, 0) is 48.1 Å². The molecule has 1 aliphatic carbocycles. The first-order valence-corrected chi connectivity index (χ1v) is 10.0. The van der Waals surface area contributed by atoms with Gasteiger partial charge in [-0.3, -0.25) is 0 Å². The first-order valence-electron chi connectivity index (χ1n) is 10.0. The Labute approximate surface area is 162 Å². The van der Waals surface area contributed by atoms with E-state index in [9.17, 15) is 0 Å². The highest BCUT2D eigenvalue weighted by atomic mass is 15.3. The van der Waals surface area contributed by atoms with Crippen LogP contribution in [0.15, 0.2) is 30.6 Å². The van der Waals surface area contributed by atoms with E-state index < -0.39 is 0 Å². The van der Waals surface area contributed by atoms with E-state index in [1.54, 1.807) is 6.33 Å². The highest BCUT2D eigenvalue weighted by molar-refractivity contribution is 5.79. The molecule has 5 nitrogen and oxygen atoms in total. The minimum absolute atomic E-state index is 0.339. The summed E-state index contributed by atoms with van der Waals surface area (Å²) in [5.74, 6) is 1.58. The van der Waals surface area contributed by atoms with Crippen molar-refractivity contribution in [3.8, 4) is 0 Å². The third-order valence-electron chi connectivity index (χ3n) is 6.20. The van der Waals surface area contributed by atoms with Gasteiger partial charge >= 0.3 is 0 Å². The van der Waals surface area contributed by atoms with Crippen LogP contribution in [0, 0.1) is 10.8 Å². The van der Waals surface area contributed by atoms with E-state index in [4.69, 9.17) is 5.73 Å². The summed E-state index contributed by atoms with van der Waals surface area (Å²) < 4.78 is 0. The fraction of sp³-hybridized carbons (Fsp3) is 0.545. The average Bonchev–Trinajstić information content (AvgIpc) is 2.86. The van der Waals surface area contributed by atoms with Crippen LogP contribution < -0.4 is 16.0 Å². The normalized spacial score (nSPS) is 26.2. The third-order valence-corrected chi connectivity index (χ3v) is 6.20. The molecule has 5 heteroatoms. The summed E-state index contributed by atoms with van der Waals surface area (Å²) >= 11 is 0. The summed E-state index contributed by atoms with van der Waals surface area (Å²) in [5, 5.41) is 3.44. The Morgan fingerprint density at radius 3 is 2.74 bits per heavy atom. The molecular weight excluding hydrogens is 334 g/mol. The number of anilines is 4. The van der Waals surface area contributed by atoms with Crippen molar-refractivity contribution in [2.45, 2.75) is 59.4 Å². The van der Waals surface area contributed by atoms with Crippen LogP contribution in [0.1, 0.15) is 52.5 Å². The van der Waals surface area contributed by atoms with Gasteiger partial charge in [0.25, 0.3) is 0 Å². The molecule has 0 radical (unpaired) electrons. The number of nitrogens with two attached hydrogens (primary N) is 1. The van der Waals surface area contributed by atoms with Crippen molar-refractivity contribution in [2.75, 3.05) is 22.5 Å². The molecule has 1 aromatic carbocycles. The maximum atomic E-state index is 6.57. The summed E-state index contributed by atoms with van der Waals surface area (Å²) in [5.41, 5.74) is 10.2. The Hall–Kier alpha value is -2.30. The van der Waals surface area contributed by atoms with E-state index in [-0.39, 0.29) is 0 Å². The number of hydrogen-bond acceptors (Lipinski definition) is 5. The number of aryl methyl sites for hydroxylation is 1. The molecule has 1 aliphatic heterocycles. The van der Waals surface area contributed by atoms with Crippen molar-refractivity contribution < 1.29 is 0 Å². The van der Waals surface area contributed by atoms with Crippen molar-refractivity contribution in [3.63, 3.8) is 0 Å². The van der Waals surface area contributed by atoms with Crippen molar-refractivity contribution in [3.05, 3.63) is 36.2 Å². The first kappa shape index (κ1) is 18.1.